The smallest absolute Gasteiger partial charge is 0.312 e. The number of benzene rings is 1. The van der Waals surface area contributed by atoms with Gasteiger partial charge in [0.15, 0.2) is 0 Å². The SMILES string of the molecule is CCc1ccc(C(CN(CC)CC(F)(F)F)NC)cc1. The summed E-state index contributed by atoms with van der Waals surface area (Å²) < 4.78 is 37.5. The van der Waals surface area contributed by atoms with E-state index in [1.54, 1.807) is 14.0 Å². The summed E-state index contributed by atoms with van der Waals surface area (Å²) >= 11 is 0. The van der Waals surface area contributed by atoms with Crippen LogP contribution in [0.1, 0.15) is 31.0 Å². The van der Waals surface area contributed by atoms with Crippen molar-refractivity contribution in [1.82, 2.24) is 10.2 Å². The molecule has 0 saturated heterocycles. The Bertz CT molecular complexity index is 387. The molecule has 0 heterocycles. The van der Waals surface area contributed by atoms with Gasteiger partial charge in [0.1, 0.15) is 0 Å². The molecule has 0 bridgehead atoms. The fourth-order valence-electron chi connectivity index (χ4n) is 2.17. The number of likely N-dealkylation sites (N-methyl/N-ethyl adjacent to an activating group) is 2. The molecule has 0 radical (unpaired) electrons. The summed E-state index contributed by atoms with van der Waals surface area (Å²) in [5, 5.41) is 3.10. The third kappa shape index (κ3) is 5.51. The average Bonchev–Trinajstić information content (AvgIpc) is 2.42. The minimum Gasteiger partial charge on any atom is -0.312 e. The summed E-state index contributed by atoms with van der Waals surface area (Å²) in [6.07, 6.45) is -3.19. The first-order valence-electron chi connectivity index (χ1n) is 6.94. The van der Waals surface area contributed by atoms with Gasteiger partial charge in [-0.1, -0.05) is 38.1 Å². The van der Waals surface area contributed by atoms with E-state index in [0.717, 1.165) is 12.0 Å². The van der Waals surface area contributed by atoms with Crippen molar-refractivity contribution in [2.24, 2.45) is 0 Å². The van der Waals surface area contributed by atoms with Crippen LogP contribution in [0.4, 0.5) is 13.2 Å². The predicted molar refractivity (Wildman–Crippen MR) is 75.8 cm³/mol. The number of hydrogen-bond donors (Lipinski definition) is 1. The second kappa shape index (κ2) is 7.64. The first kappa shape index (κ1) is 17.0. The summed E-state index contributed by atoms with van der Waals surface area (Å²) in [6, 6.07) is 7.94. The number of halogens is 3. The van der Waals surface area contributed by atoms with Gasteiger partial charge in [-0.2, -0.15) is 13.2 Å². The highest BCUT2D eigenvalue weighted by atomic mass is 19.4. The lowest BCUT2D eigenvalue weighted by Gasteiger charge is -2.27. The van der Waals surface area contributed by atoms with E-state index in [9.17, 15) is 13.2 Å². The molecule has 0 fully saturated rings. The molecule has 0 saturated carbocycles. The van der Waals surface area contributed by atoms with Crippen molar-refractivity contribution >= 4 is 0 Å². The van der Waals surface area contributed by atoms with Crippen molar-refractivity contribution in [3.63, 3.8) is 0 Å². The van der Waals surface area contributed by atoms with Crippen LogP contribution in [-0.2, 0) is 6.42 Å². The highest BCUT2D eigenvalue weighted by Crippen LogP contribution is 2.20. The molecule has 20 heavy (non-hydrogen) atoms. The first-order chi connectivity index (χ1) is 9.39. The quantitative estimate of drug-likeness (QED) is 0.827. The van der Waals surface area contributed by atoms with Gasteiger partial charge in [0.2, 0.25) is 0 Å². The minimum atomic E-state index is -4.15. The van der Waals surface area contributed by atoms with Crippen LogP contribution >= 0.6 is 0 Å². The van der Waals surface area contributed by atoms with Crippen LogP contribution in [0.15, 0.2) is 24.3 Å². The molecule has 2 nitrogen and oxygen atoms in total. The van der Waals surface area contributed by atoms with Crippen molar-refractivity contribution in [2.75, 3.05) is 26.7 Å². The molecule has 1 unspecified atom stereocenters. The molecule has 0 spiro atoms. The Morgan fingerprint density at radius 3 is 2.15 bits per heavy atom. The third-order valence-electron chi connectivity index (χ3n) is 3.43. The van der Waals surface area contributed by atoms with Gasteiger partial charge in [0.25, 0.3) is 0 Å². The van der Waals surface area contributed by atoms with Crippen molar-refractivity contribution in [3.05, 3.63) is 35.4 Å². The van der Waals surface area contributed by atoms with Crippen LogP contribution in [0, 0.1) is 0 Å². The van der Waals surface area contributed by atoms with Crippen molar-refractivity contribution in [3.8, 4) is 0 Å². The van der Waals surface area contributed by atoms with E-state index in [2.05, 4.69) is 12.2 Å². The van der Waals surface area contributed by atoms with E-state index in [1.165, 1.54) is 10.5 Å². The topological polar surface area (TPSA) is 15.3 Å². The highest BCUT2D eigenvalue weighted by Gasteiger charge is 2.30. The molecule has 0 aliphatic rings. The Balaban J connectivity index is 2.73. The Kier molecular flexibility index (Phi) is 6.49. The van der Waals surface area contributed by atoms with Gasteiger partial charge < -0.3 is 5.32 Å². The van der Waals surface area contributed by atoms with Gasteiger partial charge in [-0.3, -0.25) is 4.90 Å². The molecule has 0 aliphatic heterocycles. The Morgan fingerprint density at radius 1 is 1.15 bits per heavy atom. The van der Waals surface area contributed by atoms with Crippen LogP contribution in [-0.4, -0.2) is 37.8 Å². The Labute approximate surface area is 119 Å². The Hall–Kier alpha value is -1.07. The molecular formula is C15H23F3N2. The van der Waals surface area contributed by atoms with Gasteiger partial charge >= 0.3 is 6.18 Å². The van der Waals surface area contributed by atoms with E-state index < -0.39 is 12.7 Å². The van der Waals surface area contributed by atoms with Crippen molar-refractivity contribution in [1.29, 1.82) is 0 Å². The second-order valence-corrected chi connectivity index (χ2v) is 4.88. The molecule has 0 aliphatic carbocycles. The molecule has 1 aromatic carbocycles. The lowest BCUT2D eigenvalue weighted by Crippen LogP contribution is -2.39. The van der Waals surface area contributed by atoms with Crippen LogP contribution in [0.2, 0.25) is 0 Å². The zero-order valence-electron chi connectivity index (χ0n) is 12.3. The van der Waals surface area contributed by atoms with E-state index in [-0.39, 0.29) is 6.04 Å². The van der Waals surface area contributed by atoms with Crippen molar-refractivity contribution in [2.45, 2.75) is 32.5 Å². The molecule has 0 aromatic heterocycles. The second-order valence-electron chi connectivity index (χ2n) is 4.88. The number of nitrogens with zero attached hydrogens (tertiary/aromatic N) is 1. The van der Waals surface area contributed by atoms with E-state index in [0.29, 0.717) is 13.1 Å². The van der Waals surface area contributed by atoms with Gasteiger partial charge in [0.05, 0.1) is 6.54 Å². The molecule has 0 amide bonds. The van der Waals surface area contributed by atoms with Gasteiger partial charge in [-0.15, -0.1) is 0 Å². The normalized spacial score (nSPS) is 13.8. The summed E-state index contributed by atoms with van der Waals surface area (Å²) in [4.78, 5) is 1.41. The lowest BCUT2D eigenvalue weighted by molar-refractivity contribution is -0.146. The number of nitrogens with one attached hydrogen (secondary N) is 1. The third-order valence-corrected chi connectivity index (χ3v) is 3.43. The predicted octanol–water partition coefficient (Wildman–Crippen LogP) is 3.39. The maximum absolute atomic E-state index is 12.5. The zero-order valence-corrected chi connectivity index (χ0v) is 12.3. The molecular weight excluding hydrogens is 265 g/mol. The maximum Gasteiger partial charge on any atom is 0.401 e. The van der Waals surface area contributed by atoms with Gasteiger partial charge in [0, 0.05) is 12.6 Å². The summed E-state index contributed by atoms with van der Waals surface area (Å²) in [7, 11) is 1.78. The first-order valence-corrected chi connectivity index (χ1v) is 6.94. The highest BCUT2D eigenvalue weighted by molar-refractivity contribution is 5.25. The van der Waals surface area contributed by atoms with Crippen LogP contribution in [0.25, 0.3) is 0 Å². The van der Waals surface area contributed by atoms with Crippen LogP contribution < -0.4 is 5.32 Å². The summed E-state index contributed by atoms with van der Waals surface area (Å²) in [5.41, 5.74) is 2.25. The molecule has 114 valence electrons. The lowest BCUT2D eigenvalue weighted by atomic mass is 10.0. The monoisotopic (exact) mass is 288 g/mol. The minimum absolute atomic E-state index is 0.0943. The van der Waals surface area contributed by atoms with Crippen LogP contribution in [0.3, 0.4) is 0 Å². The van der Waals surface area contributed by atoms with E-state index in [4.69, 9.17) is 0 Å². The average molecular weight is 288 g/mol. The van der Waals surface area contributed by atoms with Crippen molar-refractivity contribution < 1.29 is 13.2 Å². The molecule has 1 rings (SSSR count). The number of aryl methyl sites for hydroxylation is 1. The zero-order chi connectivity index (χ0) is 15.2. The number of alkyl halides is 3. The van der Waals surface area contributed by atoms with E-state index >= 15 is 0 Å². The molecule has 5 heteroatoms. The fourth-order valence-corrected chi connectivity index (χ4v) is 2.17. The van der Waals surface area contributed by atoms with Gasteiger partial charge in [-0.05, 0) is 31.1 Å². The standard InChI is InChI=1S/C15H23F3N2/c1-4-12-6-8-13(9-7-12)14(19-3)10-20(5-2)11-15(16,17)18/h6-9,14,19H,4-5,10-11H2,1-3H3. The van der Waals surface area contributed by atoms with Crippen LogP contribution in [0.5, 0.6) is 0 Å². The summed E-state index contributed by atoms with van der Waals surface area (Å²) in [6.45, 7) is 3.68. The Morgan fingerprint density at radius 2 is 1.75 bits per heavy atom. The molecule has 1 atom stereocenters. The van der Waals surface area contributed by atoms with E-state index in [1.807, 2.05) is 24.3 Å². The molecule has 1 N–H and O–H groups in total. The largest absolute Gasteiger partial charge is 0.401 e. The van der Waals surface area contributed by atoms with Gasteiger partial charge in [-0.25, -0.2) is 0 Å². The number of hydrogen-bond acceptors (Lipinski definition) is 2. The summed E-state index contributed by atoms with van der Waals surface area (Å²) in [5.74, 6) is 0. The molecule has 1 aromatic rings. The fraction of sp³-hybridized carbons (Fsp3) is 0.600. The maximum atomic E-state index is 12.5. The number of rotatable bonds is 7.